The lowest BCUT2D eigenvalue weighted by molar-refractivity contribution is -0.131. The highest BCUT2D eigenvalue weighted by Crippen LogP contribution is 2.25. The number of carbonyl (C=O) groups excluding carboxylic acids is 1. The monoisotopic (exact) mass is 210 g/mol. The average molecular weight is 210 g/mol. The van der Waals surface area contributed by atoms with Crippen LogP contribution >= 0.6 is 0 Å². The molecule has 2 rings (SSSR count). The number of aliphatic hydroxyl groups excluding tert-OH is 1. The number of carbonyl (C=O) groups is 1. The molecule has 0 spiro atoms. The van der Waals surface area contributed by atoms with Crippen molar-refractivity contribution in [2.45, 2.75) is 32.0 Å². The van der Waals surface area contributed by atoms with E-state index in [9.17, 15) is 4.79 Å². The topological polar surface area (TPSA) is 71.2 Å². The molecule has 6 nitrogen and oxygen atoms in total. The SMILES string of the molecule is CN(C(=O)Cn1cc(CO)nn1)C1CC1. The lowest BCUT2D eigenvalue weighted by Gasteiger charge is -2.15. The van der Waals surface area contributed by atoms with Gasteiger partial charge in [-0.1, -0.05) is 5.21 Å². The van der Waals surface area contributed by atoms with Gasteiger partial charge in [0.1, 0.15) is 12.2 Å². The third-order valence-electron chi connectivity index (χ3n) is 2.53. The summed E-state index contributed by atoms with van der Waals surface area (Å²) in [6.45, 7) is 0.0483. The van der Waals surface area contributed by atoms with Crippen molar-refractivity contribution in [1.82, 2.24) is 19.9 Å². The first kappa shape index (κ1) is 10.1. The molecule has 0 bridgehead atoms. The molecule has 82 valence electrons. The Morgan fingerprint density at radius 2 is 2.47 bits per heavy atom. The van der Waals surface area contributed by atoms with Crippen LogP contribution in [0.4, 0.5) is 0 Å². The van der Waals surface area contributed by atoms with Gasteiger partial charge in [0.25, 0.3) is 0 Å². The van der Waals surface area contributed by atoms with Crippen LogP contribution in [0.15, 0.2) is 6.20 Å². The van der Waals surface area contributed by atoms with Gasteiger partial charge in [0.15, 0.2) is 0 Å². The van der Waals surface area contributed by atoms with Gasteiger partial charge in [-0.25, -0.2) is 4.68 Å². The molecule has 1 aliphatic rings. The fraction of sp³-hybridized carbons (Fsp3) is 0.667. The minimum Gasteiger partial charge on any atom is -0.390 e. The molecule has 15 heavy (non-hydrogen) atoms. The molecule has 0 aliphatic heterocycles. The number of amides is 1. The highest BCUT2D eigenvalue weighted by molar-refractivity contribution is 5.76. The van der Waals surface area contributed by atoms with E-state index >= 15 is 0 Å². The maximum Gasteiger partial charge on any atom is 0.244 e. The molecule has 0 aromatic carbocycles. The van der Waals surface area contributed by atoms with Gasteiger partial charge in [0, 0.05) is 13.1 Å². The summed E-state index contributed by atoms with van der Waals surface area (Å²) in [5.74, 6) is 0.0342. The first-order valence-electron chi connectivity index (χ1n) is 4.96. The Hall–Kier alpha value is -1.43. The Bertz CT molecular complexity index is 359. The summed E-state index contributed by atoms with van der Waals surface area (Å²) in [4.78, 5) is 13.4. The first-order chi connectivity index (χ1) is 7.20. The van der Waals surface area contributed by atoms with E-state index < -0.39 is 0 Å². The Morgan fingerprint density at radius 3 is 3.00 bits per heavy atom. The first-order valence-corrected chi connectivity index (χ1v) is 4.96. The minimum absolute atomic E-state index is 0.0342. The lowest BCUT2D eigenvalue weighted by Crippen LogP contribution is -2.32. The molecule has 0 saturated heterocycles. The van der Waals surface area contributed by atoms with Crippen molar-refractivity contribution in [3.8, 4) is 0 Å². The Kier molecular flexibility index (Phi) is 2.68. The fourth-order valence-corrected chi connectivity index (χ4v) is 1.40. The summed E-state index contributed by atoms with van der Waals surface area (Å²) >= 11 is 0. The predicted molar refractivity (Wildman–Crippen MR) is 51.7 cm³/mol. The number of hydrogen-bond acceptors (Lipinski definition) is 4. The molecule has 1 N–H and O–H groups in total. The number of hydrogen-bond donors (Lipinski definition) is 1. The number of aliphatic hydroxyl groups is 1. The molecular formula is C9H14N4O2. The van der Waals surface area contributed by atoms with Crippen LogP contribution in [0.5, 0.6) is 0 Å². The summed E-state index contributed by atoms with van der Waals surface area (Å²) < 4.78 is 1.45. The van der Waals surface area contributed by atoms with Crippen molar-refractivity contribution in [2.75, 3.05) is 7.05 Å². The third-order valence-corrected chi connectivity index (χ3v) is 2.53. The van der Waals surface area contributed by atoms with Crippen molar-refractivity contribution >= 4 is 5.91 Å². The van der Waals surface area contributed by atoms with Crippen LogP contribution in [0, 0.1) is 0 Å². The number of aromatic nitrogens is 3. The summed E-state index contributed by atoms with van der Waals surface area (Å²) in [6, 6.07) is 0.415. The van der Waals surface area contributed by atoms with Gasteiger partial charge in [-0.3, -0.25) is 4.79 Å². The highest BCUT2D eigenvalue weighted by atomic mass is 16.3. The van der Waals surface area contributed by atoms with Crippen LogP contribution in [0.2, 0.25) is 0 Å². The second-order valence-electron chi connectivity index (χ2n) is 3.80. The number of likely N-dealkylation sites (N-methyl/N-ethyl adjacent to an activating group) is 1. The largest absolute Gasteiger partial charge is 0.390 e. The molecule has 1 fully saturated rings. The normalized spacial score (nSPS) is 15.3. The molecule has 1 aromatic rings. The standard InChI is InChI=1S/C9H14N4O2/c1-12(8-2-3-8)9(15)5-13-4-7(6-14)10-11-13/h4,8,14H,2-3,5-6H2,1H3. The summed E-state index contributed by atoms with van der Waals surface area (Å²) in [7, 11) is 1.81. The van der Waals surface area contributed by atoms with E-state index in [4.69, 9.17) is 5.11 Å². The van der Waals surface area contributed by atoms with E-state index in [1.54, 1.807) is 11.1 Å². The van der Waals surface area contributed by atoms with Crippen molar-refractivity contribution in [3.63, 3.8) is 0 Å². The highest BCUT2D eigenvalue weighted by Gasteiger charge is 2.29. The quantitative estimate of drug-likeness (QED) is 0.719. The van der Waals surface area contributed by atoms with Gasteiger partial charge in [-0.05, 0) is 12.8 Å². The second kappa shape index (κ2) is 3.98. The number of rotatable bonds is 4. The van der Waals surface area contributed by atoms with Crippen LogP contribution < -0.4 is 0 Å². The van der Waals surface area contributed by atoms with Gasteiger partial charge >= 0.3 is 0 Å². The Morgan fingerprint density at radius 1 is 1.73 bits per heavy atom. The zero-order chi connectivity index (χ0) is 10.8. The zero-order valence-electron chi connectivity index (χ0n) is 8.63. The van der Waals surface area contributed by atoms with Crippen LogP contribution in [-0.2, 0) is 17.9 Å². The number of nitrogens with zero attached hydrogens (tertiary/aromatic N) is 4. The van der Waals surface area contributed by atoms with E-state index in [0.717, 1.165) is 12.8 Å². The minimum atomic E-state index is -0.146. The molecular weight excluding hydrogens is 196 g/mol. The van der Waals surface area contributed by atoms with Crippen molar-refractivity contribution in [3.05, 3.63) is 11.9 Å². The Labute approximate surface area is 87.5 Å². The molecule has 1 aliphatic carbocycles. The van der Waals surface area contributed by atoms with Crippen LogP contribution in [0.25, 0.3) is 0 Å². The van der Waals surface area contributed by atoms with Crippen LogP contribution in [0.3, 0.4) is 0 Å². The van der Waals surface area contributed by atoms with Gasteiger partial charge < -0.3 is 10.0 Å². The lowest BCUT2D eigenvalue weighted by atomic mass is 10.4. The Balaban J connectivity index is 1.92. The second-order valence-corrected chi connectivity index (χ2v) is 3.80. The predicted octanol–water partition coefficient (Wildman–Crippen LogP) is -0.609. The molecule has 1 aromatic heterocycles. The molecule has 1 amide bonds. The maximum absolute atomic E-state index is 11.7. The van der Waals surface area contributed by atoms with Crippen LogP contribution in [0.1, 0.15) is 18.5 Å². The van der Waals surface area contributed by atoms with E-state index in [2.05, 4.69) is 10.3 Å². The van der Waals surface area contributed by atoms with E-state index in [-0.39, 0.29) is 19.1 Å². The smallest absolute Gasteiger partial charge is 0.244 e. The fourth-order valence-electron chi connectivity index (χ4n) is 1.40. The summed E-state index contributed by atoms with van der Waals surface area (Å²) in [6.07, 6.45) is 3.78. The van der Waals surface area contributed by atoms with Crippen molar-refractivity contribution < 1.29 is 9.90 Å². The van der Waals surface area contributed by atoms with E-state index in [1.165, 1.54) is 4.68 Å². The third kappa shape index (κ3) is 2.33. The van der Waals surface area contributed by atoms with Gasteiger partial charge in [-0.2, -0.15) is 0 Å². The molecule has 1 heterocycles. The van der Waals surface area contributed by atoms with Crippen molar-refractivity contribution in [2.24, 2.45) is 0 Å². The zero-order valence-corrected chi connectivity index (χ0v) is 8.63. The molecule has 0 unspecified atom stereocenters. The average Bonchev–Trinajstić information content (AvgIpc) is 2.98. The summed E-state index contributed by atoms with van der Waals surface area (Å²) in [5, 5.41) is 16.2. The molecule has 6 heteroatoms. The molecule has 0 radical (unpaired) electrons. The summed E-state index contributed by atoms with van der Waals surface area (Å²) in [5.41, 5.74) is 0.483. The molecule has 1 saturated carbocycles. The van der Waals surface area contributed by atoms with Crippen molar-refractivity contribution in [1.29, 1.82) is 0 Å². The van der Waals surface area contributed by atoms with E-state index in [0.29, 0.717) is 11.7 Å². The van der Waals surface area contributed by atoms with Gasteiger partial charge in [0.05, 0.1) is 12.8 Å². The van der Waals surface area contributed by atoms with E-state index in [1.807, 2.05) is 7.05 Å². The van der Waals surface area contributed by atoms with Crippen LogP contribution in [-0.4, -0.2) is 44.0 Å². The van der Waals surface area contributed by atoms with Gasteiger partial charge in [0.2, 0.25) is 5.91 Å². The molecule has 0 atom stereocenters. The van der Waals surface area contributed by atoms with Gasteiger partial charge in [-0.15, -0.1) is 5.10 Å². The maximum atomic E-state index is 11.7.